The van der Waals surface area contributed by atoms with Crippen LogP contribution in [-0.4, -0.2) is 25.8 Å². The average Bonchev–Trinajstić information content (AvgIpc) is 2.90. The molecular weight excluding hydrogens is 342 g/mol. The van der Waals surface area contributed by atoms with Gasteiger partial charge in [0.05, 0.1) is 11.0 Å². The Morgan fingerprint density at radius 3 is 2.33 bits per heavy atom. The Bertz CT molecular complexity index is 918. The maximum Gasteiger partial charge on any atom is 0.316 e. The van der Waals surface area contributed by atoms with Gasteiger partial charge in [-0.15, -0.1) is 0 Å². The topological polar surface area (TPSA) is 55.8 Å². The molecule has 0 fully saturated rings. The van der Waals surface area contributed by atoms with Crippen LogP contribution in [-0.2, 0) is 4.79 Å². The van der Waals surface area contributed by atoms with E-state index in [9.17, 15) is 9.59 Å². The summed E-state index contributed by atoms with van der Waals surface area (Å²) in [6.07, 6.45) is 1.71. The van der Waals surface area contributed by atoms with Gasteiger partial charge in [-0.25, -0.2) is 0 Å². The van der Waals surface area contributed by atoms with Crippen molar-refractivity contribution in [3.63, 3.8) is 0 Å². The number of esters is 1. The highest BCUT2D eigenvalue weighted by atomic mass is 16.5. The second kappa shape index (κ2) is 6.91. The number of hydrogen-bond donors (Lipinski definition) is 0. The highest BCUT2D eigenvalue weighted by Gasteiger charge is 2.29. The van der Waals surface area contributed by atoms with Gasteiger partial charge in [-0.05, 0) is 56.7 Å². The average molecular weight is 365 g/mol. The first-order valence-corrected chi connectivity index (χ1v) is 8.73. The van der Waals surface area contributed by atoms with Crippen LogP contribution in [0.25, 0.3) is 6.08 Å². The van der Waals surface area contributed by atoms with Crippen molar-refractivity contribution in [3.8, 4) is 11.5 Å². The molecule has 2 aromatic carbocycles. The van der Waals surface area contributed by atoms with Crippen molar-refractivity contribution in [3.05, 3.63) is 59.4 Å². The van der Waals surface area contributed by atoms with Crippen molar-refractivity contribution in [2.75, 3.05) is 19.0 Å². The van der Waals surface area contributed by atoms with Crippen LogP contribution in [0, 0.1) is 5.41 Å². The van der Waals surface area contributed by atoms with Crippen LogP contribution in [0.15, 0.2) is 48.2 Å². The van der Waals surface area contributed by atoms with E-state index in [1.54, 1.807) is 45.0 Å². The number of hydrogen-bond acceptors (Lipinski definition) is 5. The zero-order valence-corrected chi connectivity index (χ0v) is 16.2. The smallest absolute Gasteiger partial charge is 0.316 e. The SMILES string of the molecule is CN(C)c1ccc(/C=C2\Oc3cc(OC(=O)C(C)(C)C)ccc3C2=O)cc1. The maximum absolute atomic E-state index is 12.6. The van der Waals surface area contributed by atoms with E-state index >= 15 is 0 Å². The maximum atomic E-state index is 12.6. The van der Waals surface area contributed by atoms with Crippen molar-refractivity contribution in [1.82, 2.24) is 0 Å². The highest BCUT2D eigenvalue weighted by Crippen LogP contribution is 2.35. The molecule has 0 amide bonds. The third-order valence-electron chi connectivity index (χ3n) is 4.17. The van der Waals surface area contributed by atoms with Crippen LogP contribution in [0.5, 0.6) is 11.5 Å². The van der Waals surface area contributed by atoms with E-state index in [0.717, 1.165) is 11.3 Å². The number of ketones is 1. The molecule has 3 rings (SSSR count). The molecule has 0 aromatic heterocycles. The molecule has 2 aromatic rings. The predicted octanol–water partition coefficient (Wildman–Crippen LogP) is 4.32. The number of fused-ring (bicyclic) bond motifs is 1. The Morgan fingerprint density at radius 2 is 1.74 bits per heavy atom. The van der Waals surface area contributed by atoms with Gasteiger partial charge in [0, 0.05) is 25.8 Å². The number of allylic oxidation sites excluding steroid dienone is 1. The summed E-state index contributed by atoms with van der Waals surface area (Å²) in [7, 11) is 3.94. The second-order valence-corrected chi connectivity index (χ2v) is 7.72. The molecule has 5 heteroatoms. The van der Waals surface area contributed by atoms with Gasteiger partial charge in [0.15, 0.2) is 5.76 Å². The molecule has 1 aliphatic heterocycles. The Kier molecular flexibility index (Phi) is 4.79. The fourth-order valence-electron chi connectivity index (χ4n) is 2.51. The molecule has 0 unspecified atom stereocenters. The number of benzene rings is 2. The summed E-state index contributed by atoms with van der Waals surface area (Å²) in [4.78, 5) is 26.6. The monoisotopic (exact) mass is 365 g/mol. The summed E-state index contributed by atoms with van der Waals surface area (Å²) in [5.41, 5.74) is 1.79. The van der Waals surface area contributed by atoms with E-state index in [1.165, 1.54) is 0 Å². The summed E-state index contributed by atoms with van der Waals surface area (Å²) in [5.74, 6) is 0.481. The number of Topliss-reactive ketones (excluding diaryl/α,β-unsaturated/α-hetero) is 1. The van der Waals surface area contributed by atoms with E-state index in [2.05, 4.69) is 0 Å². The second-order valence-electron chi connectivity index (χ2n) is 7.72. The Hall–Kier alpha value is -3.08. The largest absolute Gasteiger partial charge is 0.452 e. The van der Waals surface area contributed by atoms with E-state index < -0.39 is 5.41 Å². The molecule has 1 aliphatic rings. The van der Waals surface area contributed by atoms with Gasteiger partial charge >= 0.3 is 5.97 Å². The lowest BCUT2D eigenvalue weighted by atomic mass is 9.97. The predicted molar refractivity (Wildman–Crippen MR) is 105 cm³/mol. The van der Waals surface area contributed by atoms with Crippen LogP contribution in [0.3, 0.4) is 0 Å². The van der Waals surface area contributed by atoms with E-state index in [1.807, 2.05) is 43.3 Å². The Labute approximate surface area is 159 Å². The lowest BCUT2D eigenvalue weighted by Crippen LogP contribution is -2.25. The quantitative estimate of drug-likeness (QED) is 0.461. The van der Waals surface area contributed by atoms with Crippen molar-refractivity contribution in [2.45, 2.75) is 20.8 Å². The fourth-order valence-corrected chi connectivity index (χ4v) is 2.51. The van der Waals surface area contributed by atoms with Crippen molar-refractivity contribution >= 4 is 23.5 Å². The molecule has 140 valence electrons. The molecule has 0 spiro atoms. The first-order valence-electron chi connectivity index (χ1n) is 8.73. The molecule has 0 atom stereocenters. The van der Waals surface area contributed by atoms with Crippen LogP contribution in [0.2, 0.25) is 0 Å². The number of ether oxygens (including phenoxy) is 2. The first-order chi connectivity index (χ1) is 12.6. The van der Waals surface area contributed by atoms with Gasteiger partial charge in [-0.3, -0.25) is 9.59 Å². The van der Waals surface area contributed by atoms with Gasteiger partial charge in [-0.1, -0.05) is 12.1 Å². The van der Waals surface area contributed by atoms with E-state index in [0.29, 0.717) is 17.1 Å². The minimum Gasteiger partial charge on any atom is -0.452 e. The molecule has 5 nitrogen and oxygen atoms in total. The summed E-state index contributed by atoms with van der Waals surface area (Å²) in [6.45, 7) is 5.35. The van der Waals surface area contributed by atoms with E-state index in [-0.39, 0.29) is 17.5 Å². The zero-order valence-electron chi connectivity index (χ0n) is 16.2. The van der Waals surface area contributed by atoms with Crippen molar-refractivity contribution < 1.29 is 19.1 Å². The molecule has 0 aliphatic carbocycles. The molecule has 0 bridgehead atoms. The standard InChI is InChI=1S/C22H23NO4/c1-22(2,3)21(25)26-16-10-11-17-18(13-16)27-19(20(17)24)12-14-6-8-15(9-7-14)23(4)5/h6-13H,1-5H3/b19-12-. The lowest BCUT2D eigenvalue weighted by molar-refractivity contribution is -0.143. The summed E-state index contributed by atoms with van der Waals surface area (Å²) >= 11 is 0. The summed E-state index contributed by atoms with van der Waals surface area (Å²) in [6, 6.07) is 12.6. The molecule has 0 radical (unpaired) electrons. The van der Waals surface area contributed by atoms with Gasteiger partial charge in [0.25, 0.3) is 0 Å². The third-order valence-corrected chi connectivity index (χ3v) is 4.17. The first kappa shape index (κ1) is 18.7. The fraction of sp³-hybridized carbons (Fsp3) is 0.273. The molecule has 0 saturated heterocycles. The van der Waals surface area contributed by atoms with Crippen LogP contribution >= 0.6 is 0 Å². The van der Waals surface area contributed by atoms with Crippen LogP contribution < -0.4 is 14.4 Å². The lowest BCUT2D eigenvalue weighted by Gasteiger charge is -2.16. The Balaban J connectivity index is 1.81. The Morgan fingerprint density at radius 1 is 1.07 bits per heavy atom. The minimum absolute atomic E-state index is 0.185. The number of nitrogens with zero attached hydrogens (tertiary/aromatic N) is 1. The molecule has 0 saturated carbocycles. The number of rotatable bonds is 3. The molecular formula is C22H23NO4. The van der Waals surface area contributed by atoms with Crippen molar-refractivity contribution in [2.24, 2.45) is 5.41 Å². The van der Waals surface area contributed by atoms with E-state index in [4.69, 9.17) is 9.47 Å². The van der Waals surface area contributed by atoms with Gasteiger partial charge in [0.1, 0.15) is 11.5 Å². The number of carbonyl (C=O) groups is 2. The zero-order chi connectivity index (χ0) is 19.8. The number of carbonyl (C=O) groups excluding carboxylic acids is 2. The van der Waals surface area contributed by atoms with Crippen molar-refractivity contribution in [1.29, 1.82) is 0 Å². The van der Waals surface area contributed by atoms with Crippen LogP contribution in [0.1, 0.15) is 36.7 Å². The molecule has 1 heterocycles. The molecule has 27 heavy (non-hydrogen) atoms. The highest BCUT2D eigenvalue weighted by molar-refractivity contribution is 6.14. The number of anilines is 1. The summed E-state index contributed by atoms with van der Waals surface area (Å²) < 4.78 is 11.1. The minimum atomic E-state index is -0.612. The van der Waals surface area contributed by atoms with Gasteiger partial charge in [-0.2, -0.15) is 0 Å². The van der Waals surface area contributed by atoms with Gasteiger partial charge in [0.2, 0.25) is 5.78 Å². The van der Waals surface area contributed by atoms with Crippen LogP contribution in [0.4, 0.5) is 5.69 Å². The van der Waals surface area contributed by atoms with Gasteiger partial charge < -0.3 is 14.4 Å². The molecule has 0 N–H and O–H groups in total. The normalized spacial score (nSPS) is 14.7. The third kappa shape index (κ3) is 4.03. The summed E-state index contributed by atoms with van der Waals surface area (Å²) in [5, 5.41) is 0.